The number of unbranched alkanes of at least 4 members (excludes halogenated alkanes) is 59. The maximum Gasteiger partial charge on any atom is 0.472 e. The van der Waals surface area contributed by atoms with Gasteiger partial charge in [0.25, 0.3) is 0 Å². The number of esters is 4. The van der Waals surface area contributed by atoms with Crippen LogP contribution in [0.1, 0.15) is 471 Å². The summed E-state index contributed by atoms with van der Waals surface area (Å²) in [5.74, 6) is -1.28. The number of phosphoric ester groups is 2. The van der Waals surface area contributed by atoms with Crippen molar-refractivity contribution in [1.82, 2.24) is 0 Å². The fourth-order valence-electron chi connectivity index (χ4n) is 13.6. The van der Waals surface area contributed by atoms with E-state index in [1.165, 1.54) is 295 Å². The third kappa shape index (κ3) is 80.1. The van der Waals surface area contributed by atoms with E-state index in [4.69, 9.17) is 37.0 Å². The highest BCUT2D eigenvalue weighted by Crippen LogP contribution is 2.45. The Morgan fingerprint density at radius 2 is 0.434 bits per heavy atom. The second-order valence-electron chi connectivity index (χ2n) is 31.8. The normalized spacial score (nSPS) is 13.7. The van der Waals surface area contributed by atoms with Gasteiger partial charge in [0.05, 0.1) is 26.4 Å². The van der Waals surface area contributed by atoms with E-state index in [2.05, 4.69) is 34.6 Å². The van der Waals surface area contributed by atoms with Crippen LogP contribution in [0.5, 0.6) is 0 Å². The van der Waals surface area contributed by atoms with Gasteiger partial charge in [0.1, 0.15) is 19.3 Å². The Kier molecular flexibility index (Phi) is 78.2. The SMILES string of the molecule is CCCCCCCCCCCCCCCCCCCCCCCC(=O)OC[C@H](COP(=O)(O)OC[C@@H](O)COP(=O)(O)OC[C@@H](COC(=O)CCCCCCCCCCCC)OC(=O)CCCCCCCCCCCCCCCC)OC(=O)CCCCCCCCCCCCCCCCCCCCC(C)C. The summed E-state index contributed by atoms with van der Waals surface area (Å²) in [5.41, 5.74) is 0. The molecule has 0 spiro atoms. The van der Waals surface area contributed by atoms with Gasteiger partial charge in [-0.05, 0) is 31.6 Å². The minimum atomic E-state index is -4.97. The third-order valence-corrected chi connectivity index (χ3v) is 22.4. The molecule has 2 unspecified atom stereocenters. The van der Waals surface area contributed by atoms with E-state index in [0.29, 0.717) is 25.7 Å². The van der Waals surface area contributed by atoms with Crippen LogP contribution in [0.15, 0.2) is 0 Å². The van der Waals surface area contributed by atoms with Crippen LogP contribution in [0.25, 0.3) is 0 Å². The summed E-state index contributed by atoms with van der Waals surface area (Å²) in [6, 6.07) is 0. The second kappa shape index (κ2) is 79.7. The lowest BCUT2D eigenvalue weighted by molar-refractivity contribution is -0.161. The Morgan fingerprint density at radius 1 is 0.255 bits per heavy atom. The average molecular weight is 1550 g/mol. The minimum absolute atomic E-state index is 0.109. The van der Waals surface area contributed by atoms with Crippen molar-refractivity contribution in [2.24, 2.45) is 5.92 Å². The molecular formula is C87H170O17P2. The molecule has 0 rings (SSSR count). The number of ether oxygens (including phenoxy) is 4. The molecule has 5 atom stereocenters. The number of aliphatic hydroxyl groups is 1. The predicted octanol–water partition coefficient (Wildman–Crippen LogP) is 26.8. The van der Waals surface area contributed by atoms with E-state index in [0.717, 1.165) is 95.8 Å². The monoisotopic (exact) mass is 1550 g/mol. The van der Waals surface area contributed by atoms with Crippen molar-refractivity contribution in [3.63, 3.8) is 0 Å². The summed E-state index contributed by atoms with van der Waals surface area (Å²) < 4.78 is 68.9. The Balaban J connectivity index is 5.20. The van der Waals surface area contributed by atoms with E-state index in [1.54, 1.807) is 0 Å². The van der Waals surface area contributed by atoms with Gasteiger partial charge in [-0.25, -0.2) is 9.13 Å². The van der Waals surface area contributed by atoms with Crippen molar-refractivity contribution in [3.05, 3.63) is 0 Å². The Bertz CT molecular complexity index is 2010. The van der Waals surface area contributed by atoms with Gasteiger partial charge >= 0.3 is 39.5 Å². The van der Waals surface area contributed by atoms with Crippen molar-refractivity contribution in [2.75, 3.05) is 39.6 Å². The summed E-state index contributed by atoms with van der Waals surface area (Å²) in [5, 5.41) is 10.7. The molecule has 630 valence electrons. The molecule has 3 N–H and O–H groups in total. The molecule has 0 aliphatic heterocycles. The van der Waals surface area contributed by atoms with Crippen LogP contribution in [0, 0.1) is 5.92 Å². The highest BCUT2D eigenvalue weighted by molar-refractivity contribution is 7.47. The maximum atomic E-state index is 13.2. The molecule has 19 heteroatoms. The van der Waals surface area contributed by atoms with Gasteiger partial charge in [-0.3, -0.25) is 37.3 Å². The molecule has 0 heterocycles. The number of rotatable bonds is 87. The highest BCUT2D eigenvalue weighted by Gasteiger charge is 2.30. The predicted molar refractivity (Wildman–Crippen MR) is 437 cm³/mol. The molecule has 17 nitrogen and oxygen atoms in total. The van der Waals surface area contributed by atoms with Crippen LogP contribution in [0.4, 0.5) is 0 Å². The number of carbonyl (C=O) groups excluding carboxylic acids is 4. The molecule has 106 heavy (non-hydrogen) atoms. The lowest BCUT2D eigenvalue weighted by Gasteiger charge is -2.21. The number of hydrogen-bond donors (Lipinski definition) is 3. The number of phosphoric acid groups is 2. The van der Waals surface area contributed by atoms with Crippen LogP contribution in [-0.2, 0) is 65.4 Å². The molecule has 0 aromatic rings. The lowest BCUT2D eigenvalue weighted by Crippen LogP contribution is -2.30. The van der Waals surface area contributed by atoms with Gasteiger partial charge < -0.3 is 33.8 Å². The molecular weight excluding hydrogens is 1380 g/mol. The van der Waals surface area contributed by atoms with Crippen LogP contribution >= 0.6 is 15.6 Å². The molecule has 0 bridgehead atoms. The largest absolute Gasteiger partial charge is 0.472 e. The van der Waals surface area contributed by atoms with Crippen molar-refractivity contribution >= 4 is 39.5 Å². The Labute approximate surface area is 651 Å². The van der Waals surface area contributed by atoms with Crippen LogP contribution in [-0.4, -0.2) is 96.7 Å². The molecule has 0 saturated carbocycles. The van der Waals surface area contributed by atoms with Crippen LogP contribution < -0.4 is 0 Å². The standard InChI is InChI=1S/C87H170O17P2/c1-6-9-12-15-18-21-24-26-28-29-30-31-32-36-39-43-46-51-56-61-66-71-85(90)98-77-83(104-87(92)73-68-63-58-53-48-44-40-37-34-33-35-38-41-45-49-54-59-64-69-80(4)5)79-102-106(95,96)100-75-81(88)74-99-105(93,94)101-78-82(76-97-84(89)70-65-60-55-50-23-20-17-14-11-8-3)103-86(91)72-67-62-57-52-47-42-27-25-22-19-16-13-10-7-2/h80-83,88H,6-79H2,1-5H3,(H,93,94)(H,95,96)/t81-,82+,83+/m0/s1. The topological polar surface area (TPSA) is 237 Å². The van der Waals surface area contributed by atoms with E-state index in [1.807, 2.05) is 0 Å². The Hall–Kier alpha value is -1.94. The zero-order valence-electron chi connectivity index (χ0n) is 69.6. The van der Waals surface area contributed by atoms with E-state index in [9.17, 15) is 43.2 Å². The first-order valence-electron chi connectivity index (χ1n) is 45.1. The molecule has 0 aromatic heterocycles. The number of aliphatic hydroxyl groups excluding tert-OH is 1. The summed E-state index contributed by atoms with van der Waals surface area (Å²) in [6.45, 7) is 7.40. The van der Waals surface area contributed by atoms with E-state index >= 15 is 0 Å². The summed E-state index contributed by atoms with van der Waals surface area (Å²) in [6.07, 6.45) is 73.7. The molecule has 0 aliphatic carbocycles. The summed E-state index contributed by atoms with van der Waals surface area (Å²) in [7, 11) is -9.93. The zero-order valence-corrected chi connectivity index (χ0v) is 71.4. The van der Waals surface area contributed by atoms with Crippen molar-refractivity contribution < 1.29 is 80.2 Å². The fraction of sp³-hybridized carbons (Fsp3) is 0.954. The maximum absolute atomic E-state index is 13.2. The molecule has 0 fully saturated rings. The van der Waals surface area contributed by atoms with Gasteiger partial charge in [-0.2, -0.15) is 0 Å². The van der Waals surface area contributed by atoms with Crippen molar-refractivity contribution in [3.8, 4) is 0 Å². The van der Waals surface area contributed by atoms with E-state index < -0.39 is 97.5 Å². The first-order chi connectivity index (χ1) is 51.5. The van der Waals surface area contributed by atoms with Crippen molar-refractivity contribution in [1.29, 1.82) is 0 Å². The molecule has 0 aliphatic rings. The minimum Gasteiger partial charge on any atom is -0.462 e. The summed E-state index contributed by atoms with van der Waals surface area (Å²) in [4.78, 5) is 73.2. The van der Waals surface area contributed by atoms with Crippen LogP contribution in [0.3, 0.4) is 0 Å². The number of carbonyl (C=O) groups is 4. The van der Waals surface area contributed by atoms with E-state index in [-0.39, 0.29) is 25.7 Å². The first kappa shape index (κ1) is 104. The smallest absolute Gasteiger partial charge is 0.462 e. The molecule has 0 amide bonds. The molecule has 0 saturated heterocycles. The Morgan fingerprint density at radius 3 is 0.642 bits per heavy atom. The van der Waals surface area contributed by atoms with Gasteiger partial charge in [-0.15, -0.1) is 0 Å². The fourth-order valence-corrected chi connectivity index (χ4v) is 15.2. The molecule has 0 aromatic carbocycles. The first-order valence-corrected chi connectivity index (χ1v) is 48.1. The van der Waals surface area contributed by atoms with Gasteiger partial charge in [0.2, 0.25) is 0 Å². The highest BCUT2D eigenvalue weighted by atomic mass is 31.2. The zero-order chi connectivity index (χ0) is 77.6. The van der Waals surface area contributed by atoms with Gasteiger partial charge in [0, 0.05) is 25.7 Å². The average Bonchev–Trinajstić information content (AvgIpc) is 0.902. The van der Waals surface area contributed by atoms with Crippen LogP contribution in [0.2, 0.25) is 0 Å². The lowest BCUT2D eigenvalue weighted by atomic mass is 10.0. The summed E-state index contributed by atoms with van der Waals surface area (Å²) >= 11 is 0. The van der Waals surface area contributed by atoms with Gasteiger partial charge in [0.15, 0.2) is 12.2 Å². The van der Waals surface area contributed by atoms with Crippen molar-refractivity contribution in [2.45, 2.75) is 490 Å². The van der Waals surface area contributed by atoms with Gasteiger partial charge in [-0.1, -0.05) is 420 Å². The second-order valence-corrected chi connectivity index (χ2v) is 34.7. The third-order valence-electron chi connectivity index (χ3n) is 20.5. The molecule has 0 radical (unpaired) electrons. The number of hydrogen-bond acceptors (Lipinski definition) is 15. The quantitative estimate of drug-likeness (QED) is 0.0222.